The summed E-state index contributed by atoms with van der Waals surface area (Å²) in [6.45, 7) is 5.85. The van der Waals surface area contributed by atoms with Crippen LogP contribution in [-0.4, -0.2) is 48.5 Å². The van der Waals surface area contributed by atoms with Crippen LogP contribution in [0.2, 0.25) is 0 Å². The lowest BCUT2D eigenvalue weighted by molar-refractivity contribution is -0.117. The summed E-state index contributed by atoms with van der Waals surface area (Å²) in [5.41, 5.74) is 2.61. The van der Waals surface area contributed by atoms with E-state index in [2.05, 4.69) is 28.2 Å². The number of hydrogen-bond donors (Lipinski definition) is 4. The SMILES string of the molecule is Cc1cc(Oc2ccccc2)ccc1N1C(=O)NC2=C(C(=O)N[C@@H]3CCNC(C)C3)SC3NCCC1C23. The van der Waals surface area contributed by atoms with Gasteiger partial charge >= 0.3 is 6.03 Å². The number of thioether (sulfide) groups is 1. The van der Waals surface area contributed by atoms with E-state index in [1.165, 1.54) is 0 Å². The highest BCUT2D eigenvalue weighted by Crippen LogP contribution is 2.48. The minimum atomic E-state index is -0.181. The molecule has 8 nitrogen and oxygen atoms in total. The van der Waals surface area contributed by atoms with Gasteiger partial charge in [-0.05, 0) is 82.1 Å². The third-order valence-electron chi connectivity index (χ3n) is 7.71. The maximum absolute atomic E-state index is 13.5. The third kappa shape index (κ3) is 4.71. The predicted molar refractivity (Wildman–Crippen MR) is 146 cm³/mol. The van der Waals surface area contributed by atoms with Gasteiger partial charge in [0.1, 0.15) is 11.5 Å². The fourth-order valence-corrected chi connectivity index (χ4v) is 7.40. The van der Waals surface area contributed by atoms with Crippen LogP contribution < -0.4 is 30.9 Å². The molecule has 4 aliphatic heterocycles. The molecule has 0 aromatic heterocycles. The minimum absolute atomic E-state index is 0.0219. The van der Waals surface area contributed by atoms with Crippen LogP contribution in [0.1, 0.15) is 31.7 Å². The molecule has 4 aliphatic rings. The molecule has 194 valence electrons. The first-order valence-corrected chi connectivity index (χ1v) is 14.0. The predicted octanol–water partition coefficient (Wildman–Crippen LogP) is 3.84. The highest BCUT2D eigenvalue weighted by atomic mass is 32.2. The number of anilines is 1. The number of nitrogens with zero attached hydrogens (tertiary/aromatic N) is 1. The van der Waals surface area contributed by atoms with Gasteiger partial charge in [-0.2, -0.15) is 0 Å². The van der Waals surface area contributed by atoms with Crippen LogP contribution >= 0.6 is 11.8 Å². The number of urea groups is 1. The van der Waals surface area contributed by atoms with E-state index in [9.17, 15) is 9.59 Å². The van der Waals surface area contributed by atoms with Gasteiger partial charge in [0.2, 0.25) is 0 Å². The van der Waals surface area contributed by atoms with E-state index < -0.39 is 0 Å². The van der Waals surface area contributed by atoms with E-state index in [0.29, 0.717) is 10.9 Å². The first-order chi connectivity index (χ1) is 18.0. The quantitative estimate of drug-likeness (QED) is 0.480. The van der Waals surface area contributed by atoms with Gasteiger partial charge in [0.15, 0.2) is 0 Å². The molecular formula is C28H33N5O3S. The third-order valence-corrected chi connectivity index (χ3v) is 9.07. The van der Waals surface area contributed by atoms with Gasteiger partial charge in [0.25, 0.3) is 5.91 Å². The molecule has 37 heavy (non-hydrogen) atoms. The maximum Gasteiger partial charge on any atom is 0.326 e. The summed E-state index contributed by atoms with van der Waals surface area (Å²) in [5, 5.41) is 13.4. The van der Waals surface area contributed by atoms with Crippen molar-refractivity contribution in [2.24, 2.45) is 5.92 Å². The van der Waals surface area contributed by atoms with Crippen molar-refractivity contribution in [1.29, 1.82) is 0 Å². The number of carbonyl (C=O) groups is 2. The Balaban J connectivity index is 1.24. The molecule has 9 heteroatoms. The number of benzene rings is 2. The molecular weight excluding hydrogens is 486 g/mol. The zero-order chi connectivity index (χ0) is 25.5. The van der Waals surface area contributed by atoms with E-state index >= 15 is 0 Å². The zero-order valence-electron chi connectivity index (χ0n) is 21.1. The van der Waals surface area contributed by atoms with Gasteiger partial charge in [0, 0.05) is 29.4 Å². The molecule has 4 unspecified atom stereocenters. The molecule has 2 aromatic carbocycles. The van der Waals surface area contributed by atoms with Gasteiger partial charge in [-0.3, -0.25) is 9.69 Å². The van der Waals surface area contributed by atoms with E-state index in [4.69, 9.17) is 4.74 Å². The zero-order valence-corrected chi connectivity index (χ0v) is 21.9. The smallest absolute Gasteiger partial charge is 0.326 e. The molecule has 6 rings (SSSR count). The fourth-order valence-electron chi connectivity index (χ4n) is 6.00. The number of nitrogens with one attached hydrogen (secondary N) is 4. The summed E-state index contributed by atoms with van der Waals surface area (Å²) in [7, 11) is 0. The number of carbonyl (C=O) groups excluding carboxylic acids is 2. The molecule has 2 aromatic rings. The Kier molecular flexibility index (Phi) is 6.60. The average molecular weight is 520 g/mol. The largest absolute Gasteiger partial charge is 0.457 e. The van der Waals surface area contributed by atoms with Crippen LogP contribution in [-0.2, 0) is 4.79 Å². The Bertz CT molecular complexity index is 1240. The van der Waals surface area contributed by atoms with Crippen LogP contribution in [0, 0.1) is 12.8 Å². The lowest BCUT2D eigenvalue weighted by atomic mass is 9.86. The van der Waals surface area contributed by atoms with Crippen molar-refractivity contribution >= 4 is 29.4 Å². The first-order valence-electron chi connectivity index (χ1n) is 13.1. The Hall–Kier alpha value is -3.01. The van der Waals surface area contributed by atoms with Crippen molar-refractivity contribution in [3.8, 4) is 11.5 Å². The molecule has 4 N–H and O–H groups in total. The van der Waals surface area contributed by atoms with Crippen molar-refractivity contribution in [3.63, 3.8) is 0 Å². The second kappa shape index (κ2) is 10.0. The number of piperidine rings is 2. The second-order valence-corrected chi connectivity index (χ2v) is 11.5. The molecule has 3 saturated heterocycles. The number of aryl methyl sites for hydroxylation is 1. The molecule has 3 fully saturated rings. The van der Waals surface area contributed by atoms with E-state index in [1.807, 2.05) is 60.4 Å². The maximum atomic E-state index is 13.5. The van der Waals surface area contributed by atoms with Crippen molar-refractivity contribution in [1.82, 2.24) is 21.3 Å². The van der Waals surface area contributed by atoms with Crippen molar-refractivity contribution in [2.75, 3.05) is 18.0 Å². The van der Waals surface area contributed by atoms with E-state index in [0.717, 1.165) is 60.8 Å². The Labute approximate surface area is 221 Å². The Morgan fingerprint density at radius 3 is 2.68 bits per heavy atom. The van der Waals surface area contributed by atoms with Gasteiger partial charge < -0.3 is 26.0 Å². The molecule has 4 heterocycles. The number of amides is 3. The van der Waals surface area contributed by atoms with Gasteiger partial charge in [0.05, 0.1) is 16.3 Å². The summed E-state index contributed by atoms with van der Waals surface area (Å²) < 4.78 is 6.00. The van der Waals surface area contributed by atoms with Gasteiger partial charge in [-0.1, -0.05) is 30.0 Å². The summed E-state index contributed by atoms with van der Waals surface area (Å²) >= 11 is 1.56. The topological polar surface area (TPSA) is 94.7 Å². The van der Waals surface area contributed by atoms with Crippen LogP contribution in [0.3, 0.4) is 0 Å². The highest BCUT2D eigenvalue weighted by molar-refractivity contribution is 8.04. The summed E-state index contributed by atoms with van der Waals surface area (Å²) in [6, 6.07) is 15.9. The monoisotopic (exact) mass is 519 g/mol. The molecule has 0 radical (unpaired) electrons. The van der Waals surface area contributed by atoms with E-state index in [1.54, 1.807) is 11.8 Å². The number of ether oxygens (including phenoxy) is 1. The standard InChI is InChI=1S/C28H33N5O3S/c1-16-14-20(36-19-6-4-3-5-7-19)8-9-21(16)33-22-11-13-30-27-23(22)24(32-28(33)35)25(37-27)26(34)31-18-10-12-29-17(2)15-18/h3-9,14,17-18,22-23,27,29-30H,10-13,15H2,1-2H3,(H,31,34)(H,32,35)/t17?,18-,22?,23?,27?/m1/s1. The van der Waals surface area contributed by atoms with Crippen molar-refractivity contribution in [2.45, 2.75) is 56.6 Å². The van der Waals surface area contributed by atoms with Crippen LogP contribution in [0.25, 0.3) is 0 Å². The van der Waals surface area contributed by atoms with E-state index in [-0.39, 0.29) is 35.3 Å². The van der Waals surface area contributed by atoms with Gasteiger partial charge in [-0.15, -0.1) is 0 Å². The summed E-state index contributed by atoms with van der Waals surface area (Å²) in [4.78, 5) is 29.4. The normalized spacial score (nSPS) is 29.0. The molecule has 0 bridgehead atoms. The second-order valence-electron chi connectivity index (χ2n) is 10.3. The Morgan fingerprint density at radius 2 is 1.89 bits per heavy atom. The molecule has 3 amide bonds. The fraction of sp³-hybridized carbons (Fsp3) is 0.429. The van der Waals surface area contributed by atoms with Crippen LogP contribution in [0.5, 0.6) is 11.5 Å². The van der Waals surface area contributed by atoms with Crippen LogP contribution in [0.4, 0.5) is 10.5 Å². The van der Waals surface area contributed by atoms with Gasteiger partial charge in [-0.25, -0.2) is 4.79 Å². The lowest BCUT2D eigenvalue weighted by Gasteiger charge is -2.46. The summed E-state index contributed by atoms with van der Waals surface area (Å²) in [5.74, 6) is 1.47. The first kappa shape index (κ1) is 24.3. The molecule has 5 atom stereocenters. The highest BCUT2D eigenvalue weighted by Gasteiger charge is 2.52. The number of rotatable bonds is 5. The minimum Gasteiger partial charge on any atom is -0.457 e. The Morgan fingerprint density at radius 1 is 1.08 bits per heavy atom. The molecule has 0 saturated carbocycles. The molecule has 0 spiro atoms. The van der Waals surface area contributed by atoms with Crippen molar-refractivity contribution in [3.05, 3.63) is 64.7 Å². The number of hydrogen-bond acceptors (Lipinski definition) is 6. The number of para-hydroxylation sites is 1. The lowest BCUT2D eigenvalue weighted by Crippen LogP contribution is -2.62. The average Bonchev–Trinajstić information content (AvgIpc) is 3.25. The summed E-state index contributed by atoms with van der Waals surface area (Å²) in [6.07, 6.45) is 2.65. The molecule has 0 aliphatic carbocycles. The van der Waals surface area contributed by atoms with Crippen molar-refractivity contribution < 1.29 is 14.3 Å². The van der Waals surface area contributed by atoms with Crippen LogP contribution in [0.15, 0.2) is 59.1 Å².